The van der Waals surface area contributed by atoms with Gasteiger partial charge in [0.1, 0.15) is 5.75 Å². The number of aryl methyl sites for hydroxylation is 1. The Balaban J connectivity index is 1.69. The number of amides is 1. The fourth-order valence-electron chi connectivity index (χ4n) is 3.08. The summed E-state index contributed by atoms with van der Waals surface area (Å²) in [5.41, 5.74) is 3.48. The molecular weight excluding hydrogens is 316 g/mol. The number of H-pyrrole nitrogens is 1. The molecule has 1 aliphatic heterocycles. The van der Waals surface area contributed by atoms with Crippen LogP contribution in [0.3, 0.4) is 0 Å². The van der Waals surface area contributed by atoms with E-state index in [0.29, 0.717) is 0 Å². The van der Waals surface area contributed by atoms with Crippen LogP contribution in [0.4, 0.5) is 0 Å². The van der Waals surface area contributed by atoms with Crippen LogP contribution in [0.5, 0.6) is 5.75 Å². The molecule has 0 bridgehead atoms. The van der Waals surface area contributed by atoms with Gasteiger partial charge in [0.25, 0.3) is 5.91 Å². The normalized spacial score (nSPS) is 14.2. The van der Waals surface area contributed by atoms with Crippen molar-refractivity contribution in [3.05, 3.63) is 77.1 Å². The molecule has 2 heterocycles. The number of rotatable bonds is 4. The quantitative estimate of drug-likeness (QED) is 0.769. The van der Waals surface area contributed by atoms with Crippen LogP contribution in [-0.4, -0.2) is 27.9 Å². The van der Waals surface area contributed by atoms with Crippen molar-refractivity contribution in [2.24, 2.45) is 0 Å². The molecule has 0 saturated carbocycles. The van der Waals surface area contributed by atoms with Crippen molar-refractivity contribution in [2.45, 2.75) is 18.9 Å². The SMILES string of the molecule is O=C(N[C@H](c1ccccc1)c1ccc2c(c1)CCCO2)c1cn[nH]n1. The number of carbonyl (C=O) groups excluding carboxylic acids is 1. The van der Waals surface area contributed by atoms with Crippen LogP contribution in [0.15, 0.2) is 54.7 Å². The lowest BCUT2D eigenvalue weighted by molar-refractivity contribution is 0.0938. The minimum Gasteiger partial charge on any atom is -0.493 e. The summed E-state index contributed by atoms with van der Waals surface area (Å²) in [5, 5.41) is 13.1. The highest BCUT2D eigenvalue weighted by Crippen LogP contribution is 2.30. The van der Waals surface area contributed by atoms with Gasteiger partial charge in [-0.2, -0.15) is 15.4 Å². The van der Waals surface area contributed by atoms with Gasteiger partial charge in [-0.25, -0.2) is 0 Å². The maximum Gasteiger partial charge on any atom is 0.274 e. The van der Waals surface area contributed by atoms with Crippen molar-refractivity contribution < 1.29 is 9.53 Å². The first-order valence-electron chi connectivity index (χ1n) is 8.28. The average molecular weight is 334 g/mol. The van der Waals surface area contributed by atoms with E-state index in [1.807, 2.05) is 42.5 Å². The van der Waals surface area contributed by atoms with Crippen molar-refractivity contribution in [1.82, 2.24) is 20.7 Å². The van der Waals surface area contributed by atoms with E-state index < -0.39 is 0 Å². The Morgan fingerprint density at radius 2 is 2.04 bits per heavy atom. The molecule has 4 rings (SSSR count). The molecule has 2 N–H and O–H groups in total. The number of benzene rings is 2. The van der Waals surface area contributed by atoms with Crippen LogP contribution >= 0.6 is 0 Å². The number of aromatic amines is 1. The Hall–Kier alpha value is -3.15. The predicted molar refractivity (Wildman–Crippen MR) is 92.4 cm³/mol. The van der Waals surface area contributed by atoms with Crippen LogP contribution in [0.2, 0.25) is 0 Å². The molecule has 3 aromatic rings. The number of hydrogen-bond donors (Lipinski definition) is 2. The molecule has 1 aliphatic rings. The van der Waals surface area contributed by atoms with Crippen molar-refractivity contribution in [3.63, 3.8) is 0 Å². The third kappa shape index (κ3) is 3.24. The molecule has 6 heteroatoms. The first-order valence-corrected chi connectivity index (χ1v) is 8.28. The lowest BCUT2D eigenvalue weighted by atomic mass is 9.94. The molecule has 0 radical (unpaired) electrons. The van der Waals surface area contributed by atoms with Crippen LogP contribution in [0.25, 0.3) is 0 Å². The van der Waals surface area contributed by atoms with E-state index in [0.717, 1.165) is 36.3 Å². The second-order valence-electron chi connectivity index (χ2n) is 5.99. The van der Waals surface area contributed by atoms with Gasteiger partial charge in [0, 0.05) is 0 Å². The van der Waals surface area contributed by atoms with Gasteiger partial charge in [-0.05, 0) is 41.7 Å². The third-order valence-electron chi connectivity index (χ3n) is 4.32. The Labute approximate surface area is 145 Å². The molecule has 25 heavy (non-hydrogen) atoms. The van der Waals surface area contributed by atoms with E-state index in [2.05, 4.69) is 26.8 Å². The molecule has 0 aliphatic carbocycles. The largest absolute Gasteiger partial charge is 0.493 e. The zero-order valence-corrected chi connectivity index (χ0v) is 13.6. The molecule has 0 saturated heterocycles. The van der Waals surface area contributed by atoms with Crippen molar-refractivity contribution in [3.8, 4) is 5.75 Å². The van der Waals surface area contributed by atoms with E-state index in [1.54, 1.807) is 0 Å². The van der Waals surface area contributed by atoms with E-state index in [-0.39, 0.29) is 17.6 Å². The number of nitrogens with one attached hydrogen (secondary N) is 2. The summed E-state index contributed by atoms with van der Waals surface area (Å²) in [4.78, 5) is 12.5. The van der Waals surface area contributed by atoms with Crippen LogP contribution in [0, 0.1) is 0 Å². The topological polar surface area (TPSA) is 79.9 Å². The third-order valence-corrected chi connectivity index (χ3v) is 4.32. The van der Waals surface area contributed by atoms with Gasteiger partial charge in [-0.3, -0.25) is 4.79 Å². The summed E-state index contributed by atoms with van der Waals surface area (Å²) in [7, 11) is 0. The highest BCUT2D eigenvalue weighted by Gasteiger charge is 2.21. The average Bonchev–Trinajstić information content (AvgIpc) is 3.21. The summed E-state index contributed by atoms with van der Waals surface area (Å²) in [6.45, 7) is 0.761. The number of hydrogen-bond acceptors (Lipinski definition) is 4. The fourth-order valence-corrected chi connectivity index (χ4v) is 3.08. The Morgan fingerprint density at radius 3 is 2.84 bits per heavy atom. The van der Waals surface area contributed by atoms with E-state index in [1.165, 1.54) is 11.8 Å². The van der Waals surface area contributed by atoms with Gasteiger partial charge < -0.3 is 10.1 Å². The summed E-state index contributed by atoms with van der Waals surface area (Å²) in [5.74, 6) is 0.668. The maximum absolute atomic E-state index is 12.5. The molecular formula is C19H18N4O2. The zero-order chi connectivity index (χ0) is 17.1. The second kappa shape index (κ2) is 6.76. The first kappa shape index (κ1) is 15.4. The first-order chi connectivity index (χ1) is 12.3. The van der Waals surface area contributed by atoms with Crippen LogP contribution in [-0.2, 0) is 6.42 Å². The molecule has 0 fully saturated rings. The molecule has 6 nitrogen and oxygen atoms in total. The fraction of sp³-hybridized carbons (Fsp3) is 0.211. The predicted octanol–water partition coefficient (Wildman–Crippen LogP) is 2.65. The van der Waals surface area contributed by atoms with Gasteiger partial charge in [-0.1, -0.05) is 36.4 Å². The molecule has 126 valence electrons. The Kier molecular flexibility index (Phi) is 4.16. The monoisotopic (exact) mass is 334 g/mol. The van der Waals surface area contributed by atoms with E-state index >= 15 is 0 Å². The van der Waals surface area contributed by atoms with Crippen molar-refractivity contribution >= 4 is 5.91 Å². The standard InChI is InChI=1S/C19H18N4O2/c24-19(16-12-20-23-22-16)21-18(13-5-2-1-3-6-13)15-8-9-17-14(11-15)7-4-10-25-17/h1-3,5-6,8-9,11-12,18H,4,7,10H2,(H,21,24)(H,20,22,23)/t18-/m1/s1. The lowest BCUT2D eigenvalue weighted by Gasteiger charge is -2.23. The summed E-state index contributed by atoms with van der Waals surface area (Å²) in [6.07, 6.45) is 3.41. The van der Waals surface area contributed by atoms with Crippen LogP contribution in [0.1, 0.15) is 39.6 Å². The van der Waals surface area contributed by atoms with Crippen LogP contribution < -0.4 is 10.1 Å². The number of aromatic nitrogens is 3. The number of carbonyl (C=O) groups is 1. The number of ether oxygens (including phenoxy) is 1. The Bertz CT molecular complexity index is 862. The minimum absolute atomic E-state index is 0.266. The molecule has 0 spiro atoms. The highest BCUT2D eigenvalue weighted by atomic mass is 16.5. The van der Waals surface area contributed by atoms with Gasteiger partial charge in [0.15, 0.2) is 5.69 Å². The molecule has 1 aromatic heterocycles. The smallest absolute Gasteiger partial charge is 0.274 e. The van der Waals surface area contributed by atoms with E-state index in [9.17, 15) is 4.79 Å². The number of fused-ring (bicyclic) bond motifs is 1. The molecule has 0 unspecified atom stereocenters. The lowest BCUT2D eigenvalue weighted by Crippen LogP contribution is -2.29. The summed E-state index contributed by atoms with van der Waals surface area (Å²) < 4.78 is 5.69. The second-order valence-corrected chi connectivity index (χ2v) is 5.99. The highest BCUT2D eigenvalue weighted by molar-refractivity contribution is 5.92. The zero-order valence-electron chi connectivity index (χ0n) is 13.6. The molecule has 1 amide bonds. The van der Waals surface area contributed by atoms with Gasteiger partial charge in [-0.15, -0.1) is 0 Å². The maximum atomic E-state index is 12.5. The molecule has 1 atom stereocenters. The number of nitrogens with zero attached hydrogens (tertiary/aromatic N) is 2. The van der Waals surface area contributed by atoms with Crippen molar-refractivity contribution in [1.29, 1.82) is 0 Å². The van der Waals surface area contributed by atoms with Gasteiger partial charge in [0.05, 0.1) is 18.8 Å². The Morgan fingerprint density at radius 1 is 1.16 bits per heavy atom. The molecule has 2 aromatic carbocycles. The van der Waals surface area contributed by atoms with Crippen molar-refractivity contribution in [2.75, 3.05) is 6.61 Å². The summed E-state index contributed by atoms with van der Waals surface area (Å²) in [6, 6.07) is 15.7. The summed E-state index contributed by atoms with van der Waals surface area (Å²) >= 11 is 0. The minimum atomic E-state index is -0.267. The van der Waals surface area contributed by atoms with Gasteiger partial charge >= 0.3 is 0 Å². The van der Waals surface area contributed by atoms with E-state index in [4.69, 9.17) is 4.74 Å². The van der Waals surface area contributed by atoms with Gasteiger partial charge in [0.2, 0.25) is 0 Å².